The third-order valence-electron chi connectivity index (χ3n) is 2.57. The first-order chi connectivity index (χ1) is 9.11. The molecular formula is C15H9BrClNO. The van der Waals surface area contributed by atoms with Gasteiger partial charge in [0.2, 0.25) is 0 Å². The van der Waals surface area contributed by atoms with Crippen molar-refractivity contribution in [3.8, 4) is 11.8 Å². The SMILES string of the molecule is N#CC(=Cc1cc(Cl)ccc1O)c1ccccc1Br. The molecule has 0 bridgehead atoms. The van der Waals surface area contributed by atoms with Gasteiger partial charge in [0.1, 0.15) is 5.75 Å². The zero-order valence-corrected chi connectivity index (χ0v) is 12.1. The van der Waals surface area contributed by atoms with Crippen LogP contribution in [0.2, 0.25) is 5.02 Å². The van der Waals surface area contributed by atoms with E-state index in [2.05, 4.69) is 22.0 Å². The minimum absolute atomic E-state index is 0.0872. The molecule has 0 saturated carbocycles. The fraction of sp³-hybridized carbons (Fsp3) is 0. The number of nitriles is 1. The molecule has 19 heavy (non-hydrogen) atoms. The van der Waals surface area contributed by atoms with Crippen LogP contribution >= 0.6 is 27.5 Å². The molecule has 0 heterocycles. The Bertz CT molecular complexity index is 689. The topological polar surface area (TPSA) is 44.0 Å². The Hall–Kier alpha value is -1.76. The second-order valence-electron chi connectivity index (χ2n) is 3.85. The van der Waals surface area contributed by atoms with E-state index in [-0.39, 0.29) is 5.75 Å². The Kier molecular flexibility index (Phi) is 4.26. The van der Waals surface area contributed by atoms with E-state index in [1.54, 1.807) is 18.2 Å². The van der Waals surface area contributed by atoms with Gasteiger partial charge in [-0.15, -0.1) is 0 Å². The van der Waals surface area contributed by atoms with Gasteiger partial charge in [-0.2, -0.15) is 5.26 Å². The second kappa shape index (κ2) is 5.92. The molecule has 4 heteroatoms. The zero-order valence-electron chi connectivity index (χ0n) is 9.77. The van der Waals surface area contributed by atoms with Crippen LogP contribution < -0.4 is 0 Å². The fourth-order valence-electron chi connectivity index (χ4n) is 1.65. The third-order valence-corrected chi connectivity index (χ3v) is 3.50. The summed E-state index contributed by atoms with van der Waals surface area (Å²) in [5.41, 5.74) is 1.73. The summed E-state index contributed by atoms with van der Waals surface area (Å²) in [6.45, 7) is 0. The number of hydrogen-bond acceptors (Lipinski definition) is 2. The van der Waals surface area contributed by atoms with Gasteiger partial charge in [-0.1, -0.05) is 45.7 Å². The number of phenols is 1. The minimum atomic E-state index is 0.0872. The number of aromatic hydroxyl groups is 1. The molecule has 0 amide bonds. The maximum atomic E-state index is 9.77. The summed E-state index contributed by atoms with van der Waals surface area (Å²) in [6.07, 6.45) is 1.61. The van der Waals surface area contributed by atoms with Crippen LogP contribution in [0.5, 0.6) is 5.75 Å². The highest BCUT2D eigenvalue weighted by Gasteiger charge is 2.07. The van der Waals surface area contributed by atoms with E-state index in [1.165, 1.54) is 6.07 Å². The number of benzene rings is 2. The predicted octanol–water partition coefficient (Wildman–Crippen LogP) is 4.87. The Labute approximate surface area is 124 Å². The number of rotatable bonds is 2. The van der Waals surface area contributed by atoms with E-state index in [1.807, 2.05) is 24.3 Å². The predicted molar refractivity (Wildman–Crippen MR) is 80.7 cm³/mol. The number of halogens is 2. The molecule has 2 rings (SSSR count). The monoisotopic (exact) mass is 333 g/mol. The normalized spacial score (nSPS) is 11.1. The van der Waals surface area contributed by atoms with Crippen LogP contribution in [0.1, 0.15) is 11.1 Å². The van der Waals surface area contributed by atoms with E-state index in [4.69, 9.17) is 11.6 Å². The Morgan fingerprint density at radius 3 is 2.68 bits per heavy atom. The molecule has 1 N–H and O–H groups in total. The molecule has 2 aromatic rings. The van der Waals surface area contributed by atoms with E-state index >= 15 is 0 Å². The van der Waals surface area contributed by atoms with Crippen LogP contribution in [0.3, 0.4) is 0 Å². The van der Waals surface area contributed by atoms with Gasteiger partial charge < -0.3 is 5.11 Å². The molecule has 0 atom stereocenters. The van der Waals surface area contributed by atoms with Crippen LogP contribution in [-0.4, -0.2) is 5.11 Å². The van der Waals surface area contributed by atoms with Crippen LogP contribution in [0, 0.1) is 11.3 Å². The molecule has 0 unspecified atom stereocenters. The summed E-state index contributed by atoms with van der Waals surface area (Å²) in [4.78, 5) is 0. The number of phenolic OH excluding ortho intramolecular Hbond substituents is 1. The smallest absolute Gasteiger partial charge is 0.122 e. The molecular weight excluding hydrogens is 326 g/mol. The zero-order chi connectivity index (χ0) is 13.8. The Morgan fingerprint density at radius 2 is 2.00 bits per heavy atom. The van der Waals surface area contributed by atoms with Crippen molar-refractivity contribution in [2.24, 2.45) is 0 Å². The summed E-state index contributed by atoms with van der Waals surface area (Å²) >= 11 is 9.29. The lowest BCUT2D eigenvalue weighted by atomic mass is 10.0. The lowest BCUT2D eigenvalue weighted by Crippen LogP contribution is -1.84. The molecule has 0 aliphatic rings. The van der Waals surface area contributed by atoms with Crippen LogP contribution in [0.25, 0.3) is 11.6 Å². The summed E-state index contributed by atoms with van der Waals surface area (Å²) in [5, 5.41) is 19.6. The quantitative estimate of drug-likeness (QED) is 0.629. The van der Waals surface area contributed by atoms with Crippen molar-refractivity contribution in [1.29, 1.82) is 5.26 Å². The molecule has 0 radical (unpaired) electrons. The van der Waals surface area contributed by atoms with Gasteiger partial charge in [0.15, 0.2) is 0 Å². The molecule has 94 valence electrons. The Balaban J connectivity index is 2.54. The van der Waals surface area contributed by atoms with Crippen molar-refractivity contribution in [1.82, 2.24) is 0 Å². The molecule has 0 aromatic heterocycles. The number of nitrogens with zero attached hydrogens (tertiary/aromatic N) is 1. The van der Waals surface area contributed by atoms with Crippen molar-refractivity contribution in [2.45, 2.75) is 0 Å². The molecule has 0 fully saturated rings. The second-order valence-corrected chi connectivity index (χ2v) is 5.14. The highest BCUT2D eigenvalue weighted by Crippen LogP contribution is 2.29. The Morgan fingerprint density at radius 1 is 1.26 bits per heavy atom. The van der Waals surface area contributed by atoms with E-state index in [9.17, 15) is 10.4 Å². The van der Waals surface area contributed by atoms with Crippen molar-refractivity contribution >= 4 is 39.2 Å². The maximum absolute atomic E-state index is 9.77. The number of allylic oxidation sites excluding steroid dienone is 1. The van der Waals surface area contributed by atoms with Crippen LogP contribution in [-0.2, 0) is 0 Å². The average Bonchev–Trinajstić information content (AvgIpc) is 2.41. The average molecular weight is 335 g/mol. The van der Waals surface area contributed by atoms with Gasteiger partial charge in [0, 0.05) is 20.6 Å². The van der Waals surface area contributed by atoms with Gasteiger partial charge >= 0.3 is 0 Å². The summed E-state index contributed by atoms with van der Waals surface area (Å²) in [6, 6.07) is 14.3. The van der Waals surface area contributed by atoms with Crippen LogP contribution in [0.4, 0.5) is 0 Å². The largest absolute Gasteiger partial charge is 0.507 e. The van der Waals surface area contributed by atoms with Crippen LogP contribution in [0.15, 0.2) is 46.9 Å². The van der Waals surface area contributed by atoms with Gasteiger partial charge in [-0.05, 0) is 30.3 Å². The van der Waals surface area contributed by atoms with Gasteiger partial charge in [-0.25, -0.2) is 0 Å². The minimum Gasteiger partial charge on any atom is -0.507 e. The van der Waals surface area contributed by atoms with Crippen molar-refractivity contribution < 1.29 is 5.11 Å². The first-order valence-corrected chi connectivity index (χ1v) is 6.64. The van der Waals surface area contributed by atoms with Gasteiger partial charge in [-0.3, -0.25) is 0 Å². The maximum Gasteiger partial charge on any atom is 0.122 e. The number of hydrogen-bond donors (Lipinski definition) is 1. The highest BCUT2D eigenvalue weighted by atomic mass is 79.9. The van der Waals surface area contributed by atoms with Gasteiger partial charge in [0.25, 0.3) is 0 Å². The lowest BCUT2D eigenvalue weighted by molar-refractivity contribution is 0.474. The van der Waals surface area contributed by atoms with E-state index in [0.29, 0.717) is 16.2 Å². The molecule has 2 nitrogen and oxygen atoms in total. The summed E-state index contributed by atoms with van der Waals surface area (Å²) < 4.78 is 0.823. The van der Waals surface area contributed by atoms with E-state index in [0.717, 1.165) is 10.0 Å². The first kappa shape index (κ1) is 13.7. The molecule has 0 aliphatic carbocycles. The highest BCUT2D eigenvalue weighted by molar-refractivity contribution is 9.10. The van der Waals surface area contributed by atoms with Crippen molar-refractivity contribution in [2.75, 3.05) is 0 Å². The van der Waals surface area contributed by atoms with Crippen molar-refractivity contribution in [3.63, 3.8) is 0 Å². The summed E-state index contributed by atoms with van der Waals surface area (Å²) in [7, 11) is 0. The third kappa shape index (κ3) is 3.17. The van der Waals surface area contributed by atoms with Gasteiger partial charge in [0.05, 0.1) is 11.6 Å². The lowest BCUT2D eigenvalue weighted by Gasteiger charge is -2.04. The molecule has 0 spiro atoms. The van der Waals surface area contributed by atoms with Crippen molar-refractivity contribution in [3.05, 3.63) is 63.1 Å². The summed E-state index contributed by atoms with van der Waals surface area (Å²) in [5.74, 6) is 0.0872. The first-order valence-electron chi connectivity index (χ1n) is 5.47. The molecule has 2 aromatic carbocycles. The molecule has 0 saturated heterocycles. The standard InChI is InChI=1S/C15H9BrClNO/c16-14-4-2-1-3-13(14)11(9-18)7-10-8-12(17)5-6-15(10)19/h1-8,19H. The van der Waals surface area contributed by atoms with E-state index < -0.39 is 0 Å². The molecule has 0 aliphatic heterocycles. The fourth-order valence-corrected chi connectivity index (χ4v) is 2.33.